The van der Waals surface area contributed by atoms with E-state index in [2.05, 4.69) is 4.90 Å². The maximum absolute atomic E-state index is 9.00. The quantitative estimate of drug-likeness (QED) is 0.639. The van der Waals surface area contributed by atoms with Gasteiger partial charge in [-0.2, -0.15) is 0 Å². The number of benzene rings is 1. The topological polar surface area (TPSA) is 75.5 Å². The van der Waals surface area contributed by atoms with Crippen LogP contribution in [0.4, 0.5) is 17.1 Å². The predicted molar refractivity (Wildman–Crippen MR) is 62.7 cm³/mol. The van der Waals surface area contributed by atoms with Gasteiger partial charge in [0.2, 0.25) is 0 Å². The van der Waals surface area contributed by atoms with Gasteiger partial charge in [0.1, 0.15) is 0 Å². The van der Waals surface area contributed by atoms with Crippen molar-refractivity contribution in [2.45, 2.75) is 18.9 Å². The summed E-state index contributed by atoms with van der Waals surface area (Å²) >= 11 is 0. The van der Waals surface area contributed by atoms with Crippen LogP contribution in [-0.4, -0.2) is 24.3 Å². The lowest BCUT2D eigenvalue weighted by Gasteiger charge is -2.24. The molecule has 4 nitrogen and oxygen atoms in total. The van der Waals surface area contributed by atoms with Gasteiger partial charge in [-0.15, -0.1) is 0 Å². The minimum absolute atomic E-state index is 0.167. The monoisotopic (exact) mass is 207 g/mol. The molecule has 0 saturated heterocycles. The third-order valence-electron chi connectivity index (χ3n) is 2.73. The van der Waals surface area contributed by atoms with Crippen LogP contribution >= 0.6 is 0 Å². The van der Waals surface area contributed by atoms with E-state index in [1.807, 2.05) is 18.2 Å². The molecule has 0 aromatic heterocycles. The Hall–Kier alpha value is -1.42. The highest BCUT2D eigenvalue weighted by atomic mass is 16.3. The molecule has 0 unspecified atom stereocenters. The first kappa shape index (κ1) is 10.1. The average molecular weight is 207 g/mol. The number of aliphatic hydroxyl groups excluding tert-OH is 1. The molecule has 0 radical (unpaired) electrons. The zero-order chi connectivity index (χ0) is 10.8. The van der Waals surface area contributed by atoms with Crippen molar-refractivity contribution in [2.24, 2.45) is 0 Å². The number of hydrogen-bond donors (Lipinski definition) is 3. The minimum atomic E-state index is 0.167. The first-order valence-electron chi connectivity index (χ1n) is 5.25. The first-order valence-corrected chi connectivity index (χ1v) is 5.25. The summed E-state index contributed by atoms with van der Waals surface area (Å²) in [5.41, 5.74) is 13.7. The highest BCUT2D eigenvalue weighted by Gasteiger charge is 2.28. The molecule has 0 heterocycles. The number of nitrogens with two attached hydrogens (primary N) is 2. The summed E-state index contributed by atoms with van der Waals surface area (Å²) in [6, 6.07) is 6.22. The molecule has 82 valence electrons. The summed E-state index contributed by atoms with van der Waals surface area (Å²) < 4.78 is 0. The van der Waals surface area contributed by atoms with Gasteiger partial charge >= 0.3 is 0 Å². The van der Waals surface area contributed by atoms with Crippen LogP contribution in [0.1, 0.15) is 12.8 Å². The molecular weight excluding hydrogens is 190 g/mol. The van der Waals surface area contributed by atoms with E-state index in [4.69, 9.17) is 16.6 Å². The molecular formula is C11H17N3O. The lowest BCUT2D eigenvalue weighted by atomic mass is 10.2. The molecule has 1 aromatic rings. The summed E-state index contributed by atoms with van der Waals surface area (Å²) in [7, 11) is 0. The SMILES string of the molecule is Nc1ccc(N(CCO)C2CC2)cc1N. The summed E-state index contributed by atoms with van der Waals surface area (Å²) in [4.78, 5) is 2.19. The van der Waals surface area contributed by atoms with Crippen LogP contribution in [0.2, 0.25) is 0 Å². The van der Waals surface area contributed by atoms with Gasteiger partial charge in [-0.05, 0) is 31.0 Å². The molecule has 2 rings (SSSR count). The fraction of sp³-hybridized carbons (Fsp3) is 0.455. The van der Waals surface area contributed by atoms with Crippen molar-refractivity contribution in [1.82, 2.24) is 0 Å². The van der Waals surface area contributed by atoms with Gasteiger partial charge < -0.3 is 21.5 Å². The average Bonchev–Trinajstić information content (AvgIpc) is 3.02. The molecule has 0 aliphatic heterocycles. The molecule has 1 saturated carbocycles. The van der Waals surface area contributed by atoms with E-state index >= 15 is 0 Å². The van der Waals surface area contributed by atoms with Gasteiger partial charge in [-0.3, -0.25) is 0 Å². The zero-order valence-electron chi connectivity index (χ0n) is 8.69. The molecule has 0 atom stereocenters. The van der Waals surface area contributed by atoms with Gasteiger partial charge in [0.05, 0.1) is 18.0 Å². The largest absolute Gasteiger partial charge is 0.397 e. The van der Waals surface area contributed by atoms with Crippen molar-refractivity contribution in [1.29, 1.82) is 0 Å². The Balaban J connectivity index is 2.21. The van der Waals surface area contributed by atoms with Gasteiger partial charge in [-0.25, -0.2) is 0 Å². The minimum Gasteiger partial charge on any atom is -0.397 e. The molecule has 1 fully saturated rings. The maximum atomic E-state index is 9.00. The Kier molecular flexibility index (Phi) is 2.68. The molecule has 5 N–H and O–H groups in total. The van der Waals surface area contributed by atoms with Crippen LogP contribution in [-0.2, 0) is 0 Å². The van der Waals surface area contributed by atoms with Crippen molar-refractivity contribution < 1.29 is 5.11 Å². The Labute approximate surface area is 89.5 Å². The van der Waals surface area contributed by atoms with E-state index in [-0.39, 0.29) is 6.61 Å². The van der Waals surface area contributed by atoms with Crippen LogP contribution in [0.25, 0.3) is 0 Å². The van der Waals surface area contributed by atoms with Gasteiger partial charge in [-0.1, -0.05) is 0 Å². The van der Waals surface area contributed by atoms with Crippen molar-refractivity contribution >= 4 is 17.1 Å². The summed E-state index contributed by atoms with van der Waals surface area (Å²) in [5.74, 6) is 0. The smallest absolute Gasteiger partial charge is 0.0606 e. The number of rotatable bonds is 4. The second-order valence-electron chi connectivity index (χ2n) is 3.96. The zero-order valence-corrected chi connectivity index (χ0v) is 8.69. The van der Waals surface area contributed by atoms with E-state index in [9.17, 15) is 0 Å². The fourth-order valence-corrected chi connectivity index (χ4v) is 1.76. The van der Waals surface area contributed by atoms with Crippen molar-refractivity contribution in [2.75, 3.05) is 29.5 Å². The number of anilines is 3. The summed E-state index contributed by atoms with van der Waals surface area (Å²) in [6.45, 7) is 0.828. The van der Waals surface area contributed by atoms with Crippen molar-refractivity contribution in [3.05, 3.63) is 18.2 Å². The Bertz CT molecular complexity index is 350. The summed E-state index contributed by atoms with van der Waals surface area (Å²) in [5, 5.41) is 9.00. The van der Waals surface area contributed by atoms with E-state index in [0.717, 1.165) is 5.69 Å². The lowest BCUT2D eigenvalue weighted by molar-refractivity contribution is 0.301. The Morgan fingerprint density at radius 1 is 1.27 bits per heavy atom. The van der Waals surface area contributed by atoms with Crippen molar-refractivity contribution in [3.63, 3.8) is 0 Å². The lowest BCUT2D eigenvalue weighted by Crippen LogP contribution is -2.28. The third kappa shape index (κ3) is 2.15. The van der Waals surface area contributed by atoms with Crippen molar-refractivity contribution in [3.8, 4) is 0 Å². The number of aliphatic hydroxyl groups is 1. The standard InChI is InChI=1S/C11H17N3O/c12-10-4-3-9(7-11(10)13)14(5-6-15)8-1-2-8/h3-4,7-8,15H,1-2,5-6,12-13H2. The van der Waals surface area contributed by atoms with Crippen LogP contribution in [0.15, 0.2) is 18.2 Å². The highest BCUT2D eigenvalue weighted by Crippen LogP contribution is 2.33. The first-order chi connectivity index (χ1) is 7.22. The molecule has 0 spiro atoms. The number of nitrogen functional groups attached to an aromatic ring is 2. The van der Waals surface area contributed by atoms with Crippen LogP contribution < -0.4 is 16.4 Å². The van der Waals surface area contributed by atoms with E-state index in [1.54, 1.807) is 0 Å². The second kappa shape index (κ2) is 3.98. The van der Waals surface area contributed by atoms with E-state index in [1.165, 1.54) is 12.8 Å². The molecule has 0 amide bonds. The normalized spacial score (nSPS) is 15.3. The van der Waals surface area contributed by atoms with E-state index < -0.39 is 0 Å². The maximum Gasteiger partial charge on any atom is 0.0606 e. The molecule has 15 heavy (non-hydrogen) atoms. The third-order valence-corrected chi connectivity index (χ3v) is 2.73. The fourth-order valence-electron chi connectivity index (χ4n) is 1.76. The predicted octanol–water partition coefficient (Wildman–Crippen LogP) is 0.812. The Morgan fingerprint density at radius 2 is 2.00 bits per heavy atom. The Morgan fingerprint density at radius 3 is 2.53 bits per heavy atom. The molecule has 1 aliphatic rings. The van der Waals surface area contributed by atoms with Gasteiger partial charge in [0, 0.05) is 18.3 Å². The molecule has 1 aliphatic carbocycles. The van der Waals surface area contributed by atoms with Crippen LogP contribution in [0.5, 0.6) is 0 Å². The molecule has 0 bridgehead atoms. The summed E-state index contributed by atoms with van der Waals surface area (Å²) in [6.07, 6.45) is 2.40. The van der Waals surface area contributed by atoms with Gasteiger partial charge in [0.25, 0.3) is 0 Å². The van der Waals surface area contributed by atoms with Crippen LogP contribution in [0, 0.1) is 0 Å². The number of hydrogen-bond acceptors (Lipinski definition) is 4. The highest BCUT2D eigenvalue weighted by molar-refractivity contribution is 5.70. The van der Waals surface area contributed by atoms with Crippen LogP contribution in [0.3, 0.4) is 0 Å². The number of nitrogens with zero attached hydrogens (tertiary/aromatic N) is 1. The molecule has 1 aromatic carbocycles. The van der Waals surface area contributed by atoms with E-state index in [0.29, 0.717) is 24.0 Å². The second-order valence-corrected chi connectivity index (χ2v) is 3.96. The molecule has 4 heteroatoms. The van der Waals surface area contributed by atoms with Gasteiger partial charge in [0.15, 0.2) is 0 Å².